The Morgan fingerprint density at radius 1 is 1.00 bits per heavy atom. The van der Waals surface area contributed by atoms with Gasteiger partial charge in [-0.1, -0.05) is 18.2 Å². The molecule has 0 amide bonds. The zero-order valence-electron chi connectivity index (χ0n) is 12.5. The van der Waals surface area contributed by atoms with Crippen LogP contribution in [0.15, 0.2) is 30.3 Å². The Morgan fingerprint density at radius 3 is 2.73 bits per heavy atom. The largest absolute Gasteiger partial charge is 0.497 e. The van der Waals surface area contributed by atoms with E-state index in [0.29, 0.717) is 5.75 Å². The van der Waals surface area contributed by atoms with E-state index in [4.69, 9.17) is 18.9 Å². The van der Waals surface area contributed by atoms with Crippen molar-refractivity contribution >= 4 is 6.08 Å². The highest BCUT2D eigenvalue weighted by Gasteiger charge is 2.26. The summed E-state index contributed by atoms with van der Waals surface area (Å²) in [4.78, 5) is 0. The Labute approximate surface area is 128 Å². The van der Waals surface area contributed by atoms with Crippen LogP contribution in [0.5, 0.6) is 23.0 Å². The summed E-state index contributed by atoms with van der Waals surface area (Å²) in [5.41, 5.74) is 4.50. The molecule has 4 heteroatoms. The van der Waals surface area contributed by atoms with Gasteiger partial charge in [-0.2, -0.15) is 0 Å². The zero-order chi connectivity index (χ0) is 15.1. The Morgan fingerprint density at radius 2 is 1.91 bits per heavy atom. The van der Waals surface area contributed by atoms with Crippen molar-refractivity contribution in [3.8, 4) is 34.1 Å². The molecule has 2 aliphatic rings. The zero-order valence-corrected chi connectivity index (χ0v) is 12.5. The van der Waals surface area contributed by atoms with Gasteiger partial charge in [-0.15, -0.1) is 0 Å². The molecule has 1 heterocycles. The number of fused-ring (bicyclic) bond motifs is 4. The summed E-state index contributed by atoms with van der Waals surface area (Å²) in [6.45, 7) is 0.230. The second-order valence-corrected chi connectivity index (χ2v) is 5.23. The van der Waals surface area contributed by atoms with E-state index in [0.717, 1.165) is 40.4 Å². The lowest BCUT2D eigenvalue weighted by atomic mass is 9.95. The lowest BCUT2D eigenvalue weighted by Crippen LogP contribution is -1.95. The van der Waals surface area contributed by atoms with Crippen molar-refractivity contribution in [2.75, 3.05) is 21.0 Å². The molecule has 0 bridgehead atoms. The summed E-state index contributed by atoms with van der Waals surface area (Å²) in [5.74, 6) is 3.00. The number of methoxy groups -OCH3 is 2. The molecule has 0 saturated heterocycles. The smallest absolute Gasteiger partial charge is 0.231 e. The summed E-state index contributed by atoms with van der Waals surface area (Å²) in [6.07, 6.45) is 5.06. The molecular formula is C18H16O4. The molecule has 0 saturated carbocycles. The van der Waals surface area contributed by atoms with Gasteiger partial charge in [-0.3, -0.25) is 0 Å². The Bertz CT molecular complexity index is 777. The third-order valence-corrected chi connectivity index (χ3v) is 4.09. The summed E-state index contributed by atoms with van der Waals surface area (Å²) in [7, 11) is 3.34. The monoisotopic (exact) mass is 296 g/mol. The van der Waals surface area contributed by atoms with E-state index >= 15 is 0 Å². The molecule has 0 unspecified atom stereocenters. The average Bonchev–Trinajstić information content (AvgIpc) is 2.94. The minimum absolute atomic E-state index is 0.230. The van der Waals surface area contributed by atoms with Crippen molar-refractivity contribution < 1.29 is 18.9 Å². The summed E-state index contributed by atoms with van der Waals surface area (Å²) in [5, 5.41) is 0. The molecule has 2 aromatic rings. The normalized spacial score (nSPS) is 14.1. The van der Waals surface area contributed by atoms with Gasteiger partial charge < -0.3 is 18.9 Å². The molecule has 1 aliphatic carbocycles. The van der Waals surface area contributed by atoms with Crippen LogP contribution in [-0.2, 0) is 6.42 Å². The molecule has 4 rings (SSSR count). The van der Waals surface area contributed by atoms with Gasteiger partial charge in [0.05, 0.1) is 14.2 Å². The first kappa shape index (κ1) is 13.1. The number of benzene rings is 2. The van der Waals surface area contributed by atoms with Gasteiger partial charge in [0.1, 0.15) is 5.75 Å². The minimum Gasteiger partial charge on any atom is -0.497 e. The second kappa shape index (κ2) is 4.98. The van der Waals surface area contributed by atoms with Crippen molar-refractivity contribution in [2.45, 2.75) is 6.42 Å². The van der Waals surface area contributed by atoms with E-state index in [1.165, 1.54) is 5.56 Å². The molecule has 0 aromatic heterocycles. The van der Waals surface area contributed by atoms with E-state index in [-0.39, 0.29) is 6.79 Å². The Balaban J connectivity index is 2.00. The van der Waals surface area contributed by atoms with Crippen LogP contribution in [0.1, 0.15) is 11.1 Å². The van der Waals surface area contributed by atoms with Crippen LogP contribution in [0.2, 0.25) is 0 Å². The van der Waals surface area contributed by atoms with Crippen LogP contribution in [0.3, 0.4) is 0 Å². The molecule has 0 spiro atoms. The maximum atomic E-state index is 5.59. The third kappa shape index (κ3) is 1.84. The molecule has 0 radical (unpaired) electrons. The maximum absolute atomic E-state index is 5.59. The number of hydrogen-bond donors (Lipinski definition) is 0. The van der Waals surface area contributed by atoms with Crippen molar-refractivity contribution in [3.63, 3.8) is 0 Å². The third-order valence-electron chi connectivity index (χ3n) is 4.09. The van der Waals surface area contributed by atoms with Crippen LogP contribution >= 0.6 is 0 Å². The minimum atomic E-state index is 0.230. The van der Waals surface area contributed by atoms with Crippen LogP contribution in [-0.4, -0.2) is 21.0 Å². The van der Waals surface area contributed by atoms with Gasteiger partial charge in [0.25, 0.3) is 0 Å². The average molecular weight is 296 g/mol. The van der Waals surface area contributed by atoms with Gasteiger partial charge in [0.15, 0.2) is 11.5 Å². The number of allylic oxidation sites excluding steroid dienone is 1. The van der Waals surface area contributed by atoms with Crippen LogP contribution < -0.4 is 18.9 Å². The molecule has 0 N–H and O–H groups in total. The number of ether oxygens (including phenoxy) is 4. The maximum Gasteiger partial charge on any atom is 0.231 e. The number of hydrogen-bond acceptors (Lipinski definition) is 4. The fourth-order valence-corrected chi connectivity index (χ4v) is 3.05. The van der Waals surface area contributed by atoms with Crippen molar-refractivity contribution in [1.82, 2.24) is 0 Å². The Hall–Kier alpha value is -2.62. The molecule has 22 heavy (non-hydrogen) atoms. The van der Waals surface area contributed by atoms with Crippen LogP contribution in [0.25, 0.3) is 17.2 Å². The van der Waals surface area contributed by atoms with E-state index < -0.39 is 0 Å². The fourth-order valence-electron chi connectivity index (χ4n) is 3.05. The summed E-state index contributed by atoms with van der Waals surface area (Å²) < 4.78 is 22.0. The van der Waals surface area contributed by atoms with Crippen molar-refractivity contribution in [1.29, 1.82) is 0 Å². The standard InChI is InChI=1S/C18H16O4/c1-19-12-6-7-13-11(8-12)4-3-5-14-15(13)9-16-18(17(14)20-2)22-10-21-16/h3,5-9H,4,10H2,1-2H3. The first-order chi connectivity index (χ1) is 10.8. The second-order valence-electron chi connectivity index (χ2n) is 5.23. The highest BCUT2D eigenvalue weighted by Crippen LogP contribution is 2.49. The first-order valence-electron chi connectivity index (χ1n) is 7.16. The predicted molar refractivity (Wildman–Crippen MR) is 83.8 cm³/mol. The molecule has 4 nitrogen and oxygen atoms in total. The van der Waals surface area contributed by atoms with E-state index in [1.807, 2.05) is 12.1 Å². The molecule has 0 atom stereocenters. The first-order valence-corrected chi connectivity index (χ1v) is 7.16. The topological polar surface area (TPSA) is 36.9 Å². The molecular weight excluding hydrogens is 280 g/mol. The SMILES string of the molecule is COc1ccc2c(c1)CC=Cc1c-2cc2c(c1OC)OCO2. The van der Waals surface area contributed by atoms with E-state index in [2.05, 4.69) is 24.3 Å². The lowest BCUT2D eigenvalue weighted by molar-refractivity contribution is 0.171. The summed E-state index contributed by atoms with van der Waals surface area (Å²) in [6, 6.07) is 8.17. The lowest BCUT2D eigenvalue weighted by Gasteiger charge is -2.15. The highest BCUT2D eigenvalue weighted by molar-refractivity contribution is 5.86. The van der Waals surface area contributed by atoms with Gasteiger partial charge in [-0.05, 0) is 41.3 Å². The van der Waals surface area contributed by atoms with E-state index in [9.17, 15) is 0 Å². The van der Waals surface area contributed by atoms with Gasteiger partial charge in [0.2, 0.25) is 12.5 Å². The molecule has 1 aliphatic heterocycles. The predicted octanol–water partition coefficient (Wildman–Crippen LogP) is 3.67. The quantitative estimate of drug-likeness (QED) is 0.847. The van der Waals surface area contributed by atoms with Crippen molar-refractivity contribution in [2.24, 2.45) is 0 Å². The van der Waals surface area contributed by atoms with Crippen molar-refractivity contribution in [3.05, 3.63) is 41.5 Å². The molecule has 0 fully saturated rings. The van der Waals surface area contributed by atoms with Gasteiger partial charge in [-0.25, -0.2) is 0 Å². The Kier molecular flexibility index (Phi) is 2.96. The number of rotatable bonds is 2. The van der Waals surface area contributed by atoms with Crippen LogP contribution in [0.4, 0.5) is 0 Å². The van der Waals surface area contributed by atoms with E-state index in [1.54, 1.807) is 14.2 Å². The van der Waals surface area contributed by atoms with Crippen LogP contribution in [0, 0.1) is 0 Å². The fraction of sp³-hybridized carbons (Fsp3) is 0.222. The highest BCUT2D eigenvalue weighted by atomic mass is 16.7. The summed E-state index contributed by atoms with van der Waals surface area (Å²) >= 11 is 0. The molecule has 112 valence electrons. The van der Waals surface area contributed by atoms with Gasteiger partial charge >= 0.3 is 0 Å². The van der Waals surface area contributed by atoms with Gasteiger partial charge in [0, 0.05) is 5.56 Å². The molecule has 2 aromatic carbocycles.